The van der Waals surface area contributed by atoms with E-state index in [1.807, 2.05) is 26.0 Å². The Morgan fingerprint density at radius 1 is 0.977 bits per heavy atom. The summed E-state index contributed by atoms with van der Waals surface area (Å²) in [5, 5.41) is 6.63. The van der Waals surface area contributed by atoms with E-state index in [0.717, 1.165) is 89.5 Å². The van der Waals surface area contributed by atoms with Gasteiger partial charge in [-0.05, 0) is 119 Å². The molecule has 0 unspecified atom stereocenters. The molecular formula is C35H43N5O4. The van der Waals surface area contributed by atoms with Crippen LogP contribution in [0.4, 0.5) is 17.1 Å². The number of anilines is 3. The topological polar surface area (TPSA) is 107 Å². The summed E-state index contributed by atoms with van der Waals surface area (Å²) in [6.45, 7) is 12.1. The lowest BCUT2D eigenvalue weighted by Crippen LogP contribution is -2.43. The first-order valence-electron chi connectivity index (χ1n) is 15.8. The number of pyridine rings is 1. The second-order valence-electron chi connectivity index (χ2n) is 12.5. The number of hydrogen-bond donors (Lipinski definition) is 3. The van der Waals surface area contributed by atoms with Crippen LogP contribution in [-0.4, -0.2) is 56.2 Å². The fourth-order valence-electron chi connectivity index (χ4n) is 7.44. The molecule has 0 atom stereocenters. The average Bonchev–Trinajstić information content (AvgIpc) is 3.28. The van der Waals surface area contributed by atoms with E-state index < -0.39 is 5.41 Å². The van der Waals surface area contributed by atoms with E-state index in [-0.39, 0.29) is 18.0 Å². The summed E-state index contributed by atoms with van der Waals surface area (Å²) in [5.41, 5.74) is 8.17. The Balaban J connectivity index is 1.46. The van der Waals surface area contributed by atoms with Crippen molar-refractivity contribution in [3.05, 3.63) is 74.7 Å². The van der Waals surface area contributed by atoms with E-state index in [0.29, 0.717) is 37.7 Å². The fraction of sp³-hybridized carbons (Fsp3) is 0.457. The van der Waals surface area contributed by atoms with Crippen molar-refractivity contribution in [2.75, 3.05) is 48.0 Å². The van der Waals surface area contributed by atoms with Gasteiger partial charge in [-0.2, -0.15) is 0 Å². The number of nitrogens with one attached hydrogen (secondary N) is 3. The van der Waals surface area contributed by atoms with Crippen LogP contribution in [0, 0.1) is 20.8 Å². The molecule has 2 saturated heterocycles. The lowest BCUT2D eigenvalue weighted by molar-refractivity contribution is -0.124. The number of H-pyrrole nitrogens is 1. The number of aromatic amines is 1. The van der Waals surface area contributed by atoms with Crippen molar-refractivity contribution in [1.82, 2.24) is 10.3 Å². The lowest BCUT2D eigenvalue weighted by atomic mass is 9.75. The second-order valence-corrected chi connectivity index (χ2v) is 12.5. The molecule has 1 spiro atoms. The molecule has 3 aromatic rings. The quantitative estimate of drug-likeness (QED) is 0.325. The number of amides is 2. The standard InChI is InChI=1S/C35H43N5O4/c1-5-40(27-8-12-36-13-9-27)32-19-26(25-6-7-29-30(17-25)38-34(43)35(29)10-14-44-15-11-35)18-31(24(32)4)39(21-41)20-28-22(2)16-23(3)37-33(28)42/h6-7,16-19,21,27,36H,5,8-15,20H2,1-4H3,(H,37,42)(H,38,43). The van der Waals surface area contributed by atoms with Crippen LogP contribution in [0.15, 0.2) is 41.2 Å². The second kappa shape index (κ2) is 12.2. The Kier molecular flexibility index (Phi) is 8.35. The van der Waals surface area contributed by atoms with Crippen LogP contribution in [0.1, 0.15) is 60.6 Å². The van der Waals surface area contributed by atoms with Crippen molar-refractivity contribution >= 4 is 29.4 Å². The summed E-state index contributed by atoms with van der Waals surface area (Å²) >= 11 is 0. The monoisotopic (exact) mass is 597 g/mol. The number of ether oxygens (including phenoxy) is 1. The molecule has 44 heavy (non-hydrogen) atoms. The number of aryl methyl sites for hydroxylation is 2. The van der Waals surface area contributed by atoms with Crippen molar-refractivity contribution in [2.24, 2.45) is 0 Å². The van der Waals surface area contributed by atoms with Gasteiger partial charge in [0.1, 0.15) is 0 Å². The molecule has 0 aliphatic carbocycles. The maximum Gasteiger partial charge on any atom is 0.253 e. The number of benzene rings is 2. The molecule has 9 heteroatoms. The van der Waals surface area contributed by atoms with Crippen LogP contribution in [0.25, 0.3) is 11.1 Å². The Morgan fingerprint density at radius 3 is 2.39 bits per heavy atom. The van der Waals surface area contributed by atoms with Gasteiger partial charge in [0, 0.05) is 54.1 Å². The zero-order valence-electron chi connectivity index (χ0n) is 26.2. The molecule has 232 valence electrons. The van der Waals surface area contributed by atoms with Crippen LogP contribution in [0.3, 0.4) is 0 Å². The smallest absolute Gasteiger partial charge is 0.253 e. The van der Waals surface area contributed by atoms with Crippen LogP contribution in [-0.2, 0) is 26.3 Å². The number of piperidine rings is 1. The number of rotatable bonds is 8. The summed E-state index contributed by atoms with van der Waals surface area (Å²) in [4.78, 5) is 45.9. The maximum absolute atomic E-state index is 13.2. The fourth-order valence-corrected chi connectivity index (χ4v) is 7.44. The first kappa shape index (κ1) is 30.1. The van der Waals surface area contributed by atoms with Gasteiger partial charge in [0.25, 0.3) is 5.56 Å². The summed E-state index contributed by atoms with van der Waals surface area (Å²) in [5.74, 6) is 0.0483. The van der Waals surface area contributed by atoms with Crippen LogP contribution < -0.4 is 26.0 Å². The Hall–Kier alpha value is -3.95. The number of aromatic nitrogens is 1. The van der Waals surface area contributed by atoms with Crippen molar-refractivity contribution in [2.45, 2.75) is 71.4 Å². The molecule has 0 bridgehead atoms. The highest BCUT2D eigenvalue weighted by Gasteiger charge is 2.47. The molecule has 2 fully saturated rings. The highest BCUT2D eigenvalue weighted by atomic mass is 16.5. The summed E-state index contributed by atoms with van der Waals surface area (Å²) in [7, 11) is 0. The van der Waals surface area contributed by atoms with E-state index in [1.165, 1.54) is 0 Å². The van der Waals surface area contributed by atoms with Gasteiger partial charge in [0.15, 0.2) is 0 Å². The molecular weight excluding hydrogens is 554 g/mol. The summed E-state index contributed by atoms with van der Waals surface area (Å²) in [6.07, 6.45) is 4.26. The largest absolute Gasteiger partial charge is 0.381 e. The van der Waals surface area contributed by atoms with Gasteiger partial charge < -0.3 is 30.2 Å². The van der Waals surface area contributed by atoms with Crippen molar-refractivity contribution in [1.29, 1.82) is 0 Å². The van der Waals surface area contributed by atoms with Gasteiger partial charge in [-0.15, -0.1) is 0 Å². The third-order valence-corrected chi connectivity index (χ3v) is 9.91. The Bertz CT molecular complexity index is 1630. The van der Waals surface area contributed by atoms with Crippen molar-refractivity contribution < 1.29 is 14.3 Å². The third kappa shape index (κ3) is 5.32. The maximum atomic E-state index is 13.2. The normalized spacial score (nSPS) is 17.8. The zero-order valence-corrected chi connectivity index (χ0v) is 26.2. The van der Waals surface area contributed by atoms with Gasteiger partial charge in [-0.25, -0.2) is 0 Å². The van der Waals surface area contributed by atoms with E-state index >= 15 is 0 Å². The minimum Gasteiger partial charge on any atom is -0.381 e. The predicted octanol–water partition coefficient (Wildman–Crippen LogP) is 4.71. The lowest BCUT2D eigenvalue weighted by Gasteiger charge is -2.38. The van der Waals surface area contributed by atoms with E-state index in [4.69, 9.17) is 4.74 Å². The number of hydrogen-bond acceptors (Lipinski definition) is 6. The van der Waals surface area contributed by atoms with Crippen molar-refractivity contribution in [3.8, 4) is 11.1 Å². The molecule has 1 aromatic heterocycles. The number of carbonyl (C=O) groups is 2. The van der Waals surface area contributed by atoms with Crippen molar-refractivity contribution in [3.63, 3.8) is 0 Å². The predicted molar refractivity (Wildman–Crippen MR) is 175 cm³/mol. The molecule has 2 aromatic carbocycles. The number of carbonyl (C=O) groups excluding carboxylic acids is 2. The minimum atomic E-state index is -0.531. The van der Waals surface area contributed by atoms with Crippen LogP contribution in [0.2, 0.25) is 0 Å². The molecule has 4 heterocycles. The highest BCUT2D eigenvalue weighted by Crippen LogP contribution is 2.46. The average molecular weight is 598 g/mol. The molecule has 9 nitrogen and oxygen atoms in total. The van der Waals surface area contributed by atoms with Gasteiger partial charge in [-0.1, -0.05) is 12.1 Å². The van der Waals surface area contributed by atoms with E-state index in [2.05, 4.69) is 58.6 Å². The molecule has 2 amide bonds. The Labute approximate surface area is 259 Å². The summed E-state index contributed by atoms with van der Waals surface area (Å²) < 4.78 is 5.59. The molecule has 0 saturated carbocycles. The van der Waals surface area contributed by atoms with Gasteiger partial charge >= 0.3 is 0 Å². The van der Waals surface area contributed by atoms with Gasteiger partial charge in [-0.3, -0.25) is 14.4 Å². The molecule has 0 radical (unpaired) electrons. The van der Waals surface area contributed by atoms with Crippen LogP contribution in [0.5, 0.6) is 0 Å². The minimum absolute atomic E-state index is 0.0483. The highest BCUT2D eigenvalue weighted by molar-refractivity contribution is 6.07. The summed E-state index contributed by atoms with van der Waals surface area (Å²) in [6, 6.07) is 12.8. The van der Waals surface area contributed by atoms with Gasteiger partial charge in [0.2, 0.25) is 12.3 Å². The van der Waals surface area contributed by atoms with Gasteiger partial charge in [0.05, 0.1) is 12.0 Å². The molecule has 3 aliphatic rings. The van der Waals surface area contributed by atoms with E-state index in [1.54, 1.807) is 4.90 Å². The SMILES string of the molecule is CCN(c1cc(-c2ccc3c(c2)NC(=O)C32CCOCC2)cc(N(C=O)Cc2c(C)cc(C)[nH]c2=O)c1C)C1CCNCC1. The molecule has 3 aliphatic heterocycles. The number of nitrogens with zero attached hydrogens (tertiary/aromatic N) is 2. The zero-order chi connectivity index (χ0) is 31.0. The first-order chi connectivity index (χ1) is 21.3. The third-order valence-electron chi connectivity index (χ3n) is 9.91. The Morgan fingerprint density at radius 2 is 1.70 bits per heavy atom. The molecule has 6 rings (SSSR count). The van der Waals surface area contributed by atoms with Crippen LogP contribution >= 0.6 is 0 Å². The number of fused-ring (bicyclic) bond motifs is 2. The first-order valence-corrected chi connectivity index (χ1v) is 15.8. The van der Waals surface area contributed by atoms with E-state index in [9.17, 15) is 14.4 Å². The molecule has 3 N–H and O–H groups in total.